The fraction of sp³-hybridized carbons (Fsp3) is 0.500. The monoisotopic (exact) mass is 286 g/mol. The molecule has 1 aliphatic rings. The molecule has 1 unspecified atom stereocenters. The minimum absolute atomic E-state index is 0.0387. The first-order chi connectivity index (χ1) is 8.99. The van der Waals surface area contributed by atoms with Gasteiger partial charge in [0, 0.05) is 13.2 Å². The maximum Gasteiger partial charge on any atom is 0.240 e. The summed E-state index contributed by atoms with van der Waals surface area (Å²) in [5, 5.41) is 9.28. The summed E-state index contributed by atoms with van der Waals surface area (Å²) < 4.78 is 32.0. The second kappa shape index (κ2) is 5.77. The third-order valence-electron chi connectivity index (χ3n) is 3.08. The molecule has 7 heteroatoms. The number of rotatable bonds is 4. The van der Waals surface area contributed by atoms with Crippen molar-refractivity contribution in [2.75, 3.05) is 18.9 Å². The van der Waals surface area contributed by atoms with Crippen molar-refractivity contribution in [2.24, 2.45) is 0 Å². The maximum absolute atomic E-state index is 12.0. The van der Waals surface area contributed by atoms with Crippen LogP contribution in [-0.4, -0.2) is 32.8 Å². The zero-order valence-corrected chi connectivity index (χ0v) is 11.3. The standard InChI is InChI=1S/C12H18N2O4S/c13-11-7-10(4-5-12(11)15)19(16,17)14-8-9-3-1-2-6-18-9/h4-5,7,9,14-15H,1-3,6,8,13H2. The van der Waals surface area contributed by atoms with Crippen LogP contribution in [0.25, 0.3) is 0 Å². The summed E-state index contributed by atoms with van der Waals surface area (Å²) in [6, 6.07) is 3.82. The molecular weight excluding hydrogens is 268 g/mol. The molecule has 1 aliphatic heterocycles. The number of aromatic hydroxyl groups is 1. The molecule has 1 heterocycles. The van der Waals surface area contributed by atoms with Gasteiger partial charge in [-0.3, -0.25) is 0 Å². The first-order valence-electron chi connectivity index (χ1n) is 6.19. The van der Waals surface area contributed by atoms with Crippen LogP contribution in [0.1, 0.15) is 19.3 Å². The minimum Gasteiger partial charge on any atom is -0.506 e. The summed E-state index contributed by atoms with van der Waals surface area (Å²) >= 11 is 0. The number of phenols is 1. The van der Waals surface area contributed by atoms with Gasteiger partial charge >= 0.3 is 0 Å². The number of hydrogen-bond donors (Lipinski definition) is 3. The number of ether oxygens (including phenoxy) is 1. The average molecular weight is 286 g/mol. The molecule has 0 bridgehead atoms. The third-order valence-corrected chi connectivity index (χ3v) is 4.51. The summed E-state index contributed by atoms with van der Waals surface area (Å²) in [5.41, 5.74) is 5.53. The zero-order valence-electron chi connectivity index (χ0n) is 10.5. The Morgan fingerprint density at radius 1 is 1.42 bits per heavy atom. The van der Waals surface area contributed by atoms with E-state index in [0.717, 1.165) is 19.3 Å². The highest BCUT2D eigenvalue weighted by Crippen LogP contribution is 2.23. The van der Waals surface area contributed by atoms with Crippen LogP contribution in [0.3, 0.4) is 0 Å². The van der Waals surface area contributed by atoms with Crippen LogP contribution in [0.5, 0.6) is 5.75 Å². The van der Waals surface area contributed by atoms with Crippen molar-refractivity contribution >= 4 is 15.7 Å². The van der Waals surface area contributed by atoms with E-state index in [1.54, 1.807) is 0 Å². The van der Waals surface area contributed by atoms with Gasteiger partial charge in [0.15, 0.2) is 0 Å². The van der Waals surface area contributed by atoms with Crippen molar-refractivity contribution in [3.05, 3.63) is 18.2 Å². The molecule has 0 aromatic heterocycles. The highest BCUT2D eigenvalue weighted by molar-refractivity contribution is 7.89. The molecule has 0 saturated carbocycles. The Labute approximate surface area is 112 Å². The predicted molar refractivity (Wildman–Crippen MR) is 71.3 cm³/mol. The summed E-state index contributed by atoms with van der Waals surface area (Å²) in [5.74, 6) is -0.130. The Morgan fingerprint density at radius 3 is 2.84 bits per heavy atom. The normalized spacial score (nSPS) is 20.3. The van der Waals surface area contributed by atoms with Gasteiger partial charge in [0.05, 0.1) is 16.7 Å². The molecule has 0 spiro atoms. The van der Waals surface area contributed by atoms with Crippen molar-refractivity contribution in [1.82, 2.24) is 4.72 Å². The van der Waals surface area contributed by atoms with E-state index in [-0.39, 0.29) is 29.0 Å². The average Bonchev–Trinajstić information content (AvgIpc) is 2.41. The topological polar surface area (TPSA) is 102 Å². The zero-order chi connectivity index (χ0) is 13.9. The van der Waals surface area contributed by atoms with Crippen molar-refractivity contribution in [2.45, 2.75) is 30.3 Å². The fourth-order valence-electron chi connectivity index (χ4n) is 1.95. The predicted octanol–water partition coefficient (Wildman–Crippen LogP) is 0.822. The quantitative estimate of drug-likeness (QED) is 0.562. The second-order valence-electron chi connectivity index (χ2n) is 4.56. The summed E-state index contributed by atoms with van der Waals surface area (Å²) in [4.78, 5) is 0.0404. The molecule has 4 N–H and O–H groups in total. The van der Waals surface area contributed by atoms with E-state index in [9.17, 15) is 13.5 Å². The Morgan fingerprint density at radius 2 is 2.21 bits per heavy atom. The first-order valence-corrected chi connectivity index (χ1v) is 7.67. The third kappa shape index (κ3) is 3.59. The molecule has 1 aromatic rings. The Hall–Kier alpha value is -1.31. The Bertz CT molecular complexity index is 539. The van der Waals surface area contributed by atoms with Gasteiger partial charge in [0.2, 0.25) is 10.0 Å². The van der Waals surface area contributed by atoms with Gasteiger partial charge < -0.3 is 15.6 Å². The molecule has 1 saturated heterocycles. The molecule has 6 nitrogen and oxygen atoms in total. The highest BCUT2D eigenvalue weighted by atomic mass is 32.2. The number of nitrogens with one attached hydrogen (secondary N) is 1. The Kier molecular flexibility index (Phi) is 4.28. The van der Waals surface area contributed by atoms with Crippen LogP contribution in [0.15, 0.2) is 23.1 Å². The molecule has 0 aliphatic carbocycles. The fourth-order valence-corrected chi connectivity index (χ4v) is 3.06. The molecule has 106 valence electrons. The van der Waals surface area contributed by atoms with Crippen molar-refractivity contribution < 1.29 is 18.3 Å². The molecule has 0 amide bonds. The molecule has 19 heavy (non-hydrogen) atoms. The van der Waals surface area contributed by atoms with Crippen molar-refractivity contribution in [3.8, 4) is 5.75 Å². The van der Waals surface area contributed by atoms with Gasteiger partial charge in [0.25, 0.3) is 0 Å². The second-order valence-corrected chi connectivity index (χ2v) is 6.33. The van der Waals surface area contributed by atoms with Gasteiger partial charge in [-0.25, -0.2) is 13.1 Å². The minimum atomic E-state index is -3.62. The lowest BCUT2D eigenvalue weighted by molar-refractivity contribution is 0.0200. The van der Waals surface area contributed by atoms with Gasteiger partial charge in [-0.1, -0.05) is 0 Å². The molecule has 2 rings (SSSR count). The van der Waals surface area contributed by atoms with E-state index in [1.807, 2.05) is 0 Å². The van der Waals surface area contributed by atoms with Crippen LogP contribution in [0.4, 0.5) is 5.69 Å². The lowest BCUT2D eigenvalue weighted by Gasteiger charge is -2.22. The Balaban J connectivity index is 2.02. The van der Waals surface area contributed by atoms with E-state index in [2.05, 4.69) is 4.72 Å². The van der Waals surface area contributed by atoms with Crippen LogP contribution < -0.4 is 10.5 Å². The van der Waals surface area contributed by atoms with Crippen molar-refractivity contribution in [3.63, 3.8) is 0 Å². The van der Waals surface area contributed by atoms with E-state index in [4.69, 9.17) is 10.5 Å². The SMILES string of the molecule is Nc1cc(S(=O)(=O)NCC2CCCCO2)ccc1O. The smallest absolute Gasteiger partial charge is 0.240 e. The number of nitrogen functional groups attached to an aromatic ring is 1. The summed E-state index contributed by atoms with van der Waals surface area (Å²) in [6.07, 6.45) is 2.87. The van der Waals surface area contributed by atoms with Crippen LogP contribution in [0.2, 0.25) is 0 Å². The lowest BCUT2D eigenvalue weighted by atomic mass is 10.1. The maximum atomic E-state index is 12.0. The summed E-state index contributed by atoms with van der Waals surface area (Å²) in [6.45, 7) is 0.932. The van der Waals surface area contributed by atoms with E-state index in [1.165, 1.54) is 18.2 Å². The van der Waals surface area contributed by atoms with E-state index in [0.29, 0.717) is 6.61 Å². The first kappa shape index (κ1) is 14.1. The molecule has 1 aromatic carbocycles. The van der Waals surface area contributed by atoms with Crippen LogP contribution >= 0.6 is 0 Å². The lowest BCUT2D eigenvalue weighted by Crippen LogP contribution is -2.35. The van der Waals surface area contributed by atoms with Crippen LogP contribution in [-0.2, 0) is 14.8 Å². The van der Waals surface area contributed by atoms with Crippen molar-refractivity contribution in [1.29, 1.82) is 0 Å². The van der Waals surface area contributed by atoms with Gasteiger partial charge in [-0.15, -0.1) is 0 Å². The summed E-state index contributed by atoms with van der Waals surface area (Å²) in [7, 11) is -3.62. The van der Waals surface area contributed by atoms with Gasteiger partial charge in [-0.05, 0) is 37.5 Å². The van der Waals surface area contributed by atoms with Gasteiger partial charge in [0.1, 0.15) is 5.75 Å². The number of anilines is 1. The molecular formula is C12H18N2O4S. The number of phenolic OH excluding ortho intramolecular Hbond substituents is 1. The number of sulfonamides is 1. The number of hydrogen-bond acceptors (Lipinski definition) is 5. The number of benzene rings is 1. The molecule has 1 fully saturated rings. The van der Waals surface area contributed by atoms with E-state index >= 15 is 0 Å². The molecule has 0 radical (unpaired) electrons. The van der Waals surface area contributed by atoms with E-state index < -0.39 is 10.0 Å². The van der Waals surface area contributed by atoms with Crippen LogP contribution in [0, 0.1) is 0 Å². The largest absolute Gasteiger partial charge is 0.506 e. The highest BCUT2D eigenvalue weighted by Gasteiger charge is 2.19. The number of nitrogens with two attached hydrogens (primary N) is 1. The molecule has 1 atom stereocenters. The van der Waals surface area contributed by atoms with Gasteiger partial charge in [-0.2, -0.15) is 0 Å².